The number of carbonyl (C=O) groups is 1. The lowest BCUT2D eigenvalue weighted by atomic mass is 9.95. The summed E-state index contributed by atoms with van der Waals surface area (Å²) < 4.78 is 12.7. The Hall–Kier alpha value is -1.22. The summed E-state index contributed by atoms with van der Waals surface area (Å²) in [5.41, 5.74) is 0.151. The Balaban J connectivity index is 2.92. The molecule has 1 N–H and O–H groups in total. The number of aryl methyl sites for hydroxylation is 1. The van der Waals surface area contributed by atoms with Crippen LogP contribution in [0.5, 0.6) is 0 Å². The van der Waals surface area contributed by atoms with Gasteiger partial charge in [-0.2, -0.15) is 0 Å². The van der Waals surface area contributed by atoms with E-state index in [0.717, 1.165) is 11.1 Å². The van der Waals surface area contributed by atoms with Crippen LogP contribution >= 0.6 is 0 Å². The van der Waals surface area contributed by atoms with Crippen LogP contribution in [0.2, 0.25) is 0 Å². The number of hydrogen-bond donors (Lipinski definition) is 1. The molecule has 0 spiro atoms. The van der Waals surface area contributed by atoms with E-state index in [0.29, 0.717) is 6.29 Å². The van der Waals surface area contributed by atoms with Gasteiger partial charge in [0.05, 0.1) is 0 Å². The average molecular weight is 196 g/mol. The molecule has 0 bridgehead atoms. The van der Waals surface area contributed by atoms with Crippen LogP contribution in [0.25, 0.3) is 0 Å². The lowest BCUT2D eigenvalue weighted by Gasteiger charge is -2.16. The van der Waals surface area contributed by atoms with Crippen LogP contribution in [0.15, 0.2) is 18.2 Å². The van der Waals surface area contributed by atoms with Crippen LogP contribution in [-0.2, 0) is 11.2 Å². The number of rotatable bonds is 3. The van der Waals surface area contributed by atoms with E-state index >= 15 is 0 Å². The molecule has 0 aliphatic carbocycles. The molecule has 0 saturated heterocycles. The van der Waals surface area contributed by atoms with Crippen molar-refractivity contribution in [2.75, 3.05) is 0 Å². The number of aldehydes is 1. The molecule has 0 aliphatic rings. The first-order chi connectivity index (χ1) is 6.44. The second-order valence-corrected chi connectivity index (χ2v) is 3.72. The van der Waals surface area contributed by atoms with Gasteiger partial charge >= 0.3 is 0 Å². The molecule has 0 fully saturated rings. The first-order valence-corrected chi connectivity index (χ1v) is 4.38. The van der Waals surface area contributed by atoms with Gasteiger partial charge in [-0.1, -0.05) is 6.07 Å². The summed E-state index contributed by atoms with van der Waals surface area (Å²) in [6.07, 6.45) is 0.707. The van der Waals surface area contributed by atoms with Crippen molar-refractivity contribution in [2.24, 2.45) is 0 Å². The highest BCUT2D eigenvalue weighted by Gasteiger charge is 2.20. The maximum atomic E-state index is 12.7. The van der Waals surface area contributed by atoms with Crippen molar-refractivity contribution in [3.63, 3.8) is 0 Å². The third kappa shape index (κ3) is 2.64. The van der Waals surface area contributed by atoms with Gasteiger partial charge in [0.15, 0.2) is 6.29 Å². The second-order valence-electron chi connectivity index (χ2n) is 3.72. The first kappa shape index (κ1) is 10.9. The molecule has 0 radical (unpaired) electrons. The van der Waals surface area contributed by atoms with Crippen molar-refractivity contribution in [2.45, 2.75) is 25.9 Å². The minimum absolute atomic E-state index is 0.211. The number of hydrogen-bond acceptors (Lipinski definition) is 2. The van der Waals surface area contributed by atoms with Gasteiger partial charge in [-0.05, 0) is 37.1 Å². The summed E-state index contributed by atoms with van der Waals surface area (Å²) in [5.74, 6) is -0.308. The first-order valence-electron chi connectivity index (χ1n) is 4.38. The Labute approximate surface area is 82.4 Å². The van der Waals surface area contributed by atoms with Gasteiger partial charge in [0.2, 0.25) is 0 Å². The molecule has 14 heavy (non-hydrogen) atoms. The maximum Gasteiger partial charge on any atom is 0.151 e. The van der Waals surface area contributed by atoms with E-state index in [1.54, 1.807) is 13.0 Å². The SMILES string of the molecule is Cc1cc(F)ccc1CC(C)(O)C=O. The van der Waals surface area contributed by atoms with Crippen LogP contribution in [0, 0.1) is 12.7 Å². The van der Waals surface area contributed by atoms with Gasteiger partial charge < -0.3 is 9.90 Å². The van der Waals surface area contributed by atoms with Crippen molar-refractivity contribution in [3.8, 4) is 0 Å². The van der Waals surface area contributed by atoms with E-state index < -0.39 is 5.60 Å². The fraction of sp³-hybridized carbons (Fsp3) is 0.364. The molecule has 1 unspecified atom stereocenters. The maximum absolute atomic E-state index is 12.7. The van der Waals surface area contributed by atoms with Crippen LogP contribution < -0.4 is 0 Å². The lowest BCUT2D eigenvalue weighted by Crippen LogP contribution is -2.29. The third-order valence-electron chi connectivity index (χ3n) is 2.11. The van der Waals surface area contributed by atoms with Crippen LogP contribution in [-0.4, -0.2) is 17.0 Å². The highest BCUT2D eigenvalue weighted by molar-refractivity contribution is 5.62. The van der Waals surface area contributed by atoms with E-state index in [2.05, 4.69) is 0 Å². The van der Waals surface area contributed by atoms with Crippen molar-refractivity contribution in [1.82, 2.24) is 0 Å². The summed E-state index contributed by atoms with van der Waals surface area (Å²) in [6.45, 7) is 3.18. The second kappa shape index (κ2) is 3.88. The Kier molecular flexibility index (Phi) is 3.01. The van der Waals surface area contributed by atoms with E-state index in [4.69, 9.17) is 0 Å². The van der Waals surface area contributed by atoms with Crippen LogP contribution in [0.3, 0.4) is 0 Å². The van der Waals surface area contributed by atoms with Gasteiger partial charge in [0, 0.05) is 6.42 Å². The van der Waals surface area contributed by atoms with Gasteiger partial charge in [0.25, 0.3) is 0 Å². The Bertz CT molecular complexity index is 345. The molecular formula is C11H13FO2. The van der Waals surface area contributed by atoms with Crippen LogP contribution in [0.4, 0.5) is 4.39 Å². The van der Waals surface area contributed by atoms with Crippen molar-refractivity contribution >= 4 is 6.29 Å². The minimum atomic E-state index is -1.37. The summed E-state index contributed by atoms with van der Waals surface area (Å²) in [6, 6.07) is 4.29. The molecule has 1 atom stereocenters. The average Bonchev–Trinajstić information content (AvgIpc) is 2.10. The monoisotopic (exact) mass is 196 g/mol. The molecule has 0 aromatic heterocycles. The molecular weight excluding hydrogens is 183 g/mol. The van der Waals surface area contributed by atoms with Gasteiger partial charge in [-0.25, -0.2) is 4.39 Å². The molecule has 2 nitrogen and oxygen atoms in total. The molecule has 1 rings (SSSR count). The Morgan fingerprint density at radius 2 is 2.21 bits per heavy atom. The number of benzene rings is 1. The molecule has 0 aliphatic heterocycles. The normalized spacial score (nSPS) is 14.9. The fourth-order valence-corrected chi connectivity index (χ4v) is 1.28. The quantitative estimate of drug-likeness (QED) is 0.746. The number of aliphatic hydroxyl groups is 1. The predicted molar refractivity (Wildman–Crippen MR) is 51.5 cm³/mol. The molecule has 3 heteroatoms. The summed E-state index contributed by atoms with van der Waals surface area (Å²) in [4.78, 5) is 10.5. The molecule has 0 heterocycles. The summed E-state index contributed by atoms with van der Waals surface area (Å²) in [7, 11) is 0. The molecule has 0 amide bonds. The molecule has 1 aromatic rings. The zero-order chi connectivity index (χ0) is 10.8. The van der Waals surface area contributed by atoms with E-state index in [9.17, 15) is 14.3 Å². The van der Waals surface area contributed by atoms with Gasteiger partial charge in [0.1, 0.15) is 11.4 Å². The highest BCUT2D eigenvalue weighted by atomic mass is 19.1. The van der Waals surface area contributed by atoms with Crippen molar-refractivity contribution in [1.29, 1.82) is 0 Å². The number of carbonyl (C=O) groups excluding carboxylic acids is 1. The smallest absolute Gasteiger partial charge is 0.151 e. The summed E-state index contributed by atoms with van der Waals surface area (Å²) in [5, 5.41) is 9.51. The largest absolute Gasteiger partial charge is 0.382 e. The third-order valence-corrected chi connectivity index (χ3v) is 2.11. The van der Waals surface area contributed by atoms with E-state index in [1.165, 1.54) is 19.1 Å². The topological polar surface area (TPSA) is 37.3 Å². The Morgan fingerprint density at radius 1 is 1.57 bits per heavy atom. The summed E-state index contributed by atoms with van der Waals surface area (Å²) >= 11 is 0. The minimum Gasteiger partial charge on any atom is -0.382 e. The lowest BCUT2D eigenvalue weighted by molar-refractivity contribution is -0.122. The fourth-order valence-electron chi connectivity index (χ4n) is 1.28. The predicted octanol–water partition coefficient (Wildman–Crippen LogP) is 1.63. The van der Waals surface area contributed by atoms with Crippen molar-refractivity contribution in [3.05, 3.63) is 35.1 Å². The molecule has 1 aromatic carbocycles. The standard InChI is InChI=1S/C11H13FO2/c1-8-5-10(12)4-3-9(8)6-11(2,14)7-13/h3-5,7,14H,6H2,1-2H3. The number of halogens is 1. The van der Waals surface area contributed by atoms with Gasteiger partial charge in [-0.3, -0.25) is 0 Å². The van der Waals surface area contributed by atoms with Gasteiger partial charge in [-0.15, -0.1) is 0 Å². The van der Waals surface area contributed by atoms with E-state index in [1.807, 2.05) is 0 Å². The zero-order valence-electron chi connectivity index (χ0n) is 8.25. The van der Waals surface area contributed by atoms with E-state index in [-0.39, 0.29) is 12.2 Å². The zero-order valence-corrected chi connectivity index (χ0v) is 8.25. The van der Waals surface area contributed by atoms with Crippen molar-refractivity contribution < 1.29 is 14.3 Å². The highest BCUT2D eigenvalue weighted by Crippen LogP contribution is 2.16. The van der Waals surface area contributed by atoms with Crippen LogP contribution in [0.1, 0.15) is 18.1 Å². The molecule has 0 saturated carbocycles. The Morgan fingerprint density at radius 3 is 2.71 bits per heavy atom. The molecule has 76 valence electrons.